The van der Waals surface area contributed by atoms with Crippen LogP contribution in [0.25, 0.3) is 0 Å². The molecule has 7 heteroatoms. The van der Waals surface area contributed by atoms with Crippen molar-refractivity contribution in [1.29, 1.82) is 5.26 Å². The highest BCUT2D eigenvalue weighted by molar-refractivity contribution is 5.97. The molecule has 0 saturated carbocycles. The highest BCUT2D eigenvalue weighted by atomic mass is 16.4. The summed E-state index contributed by atoms with van der Waals surface area (Å²) in [7, 11) is 0. The van der Waals surface area contributed by atoms with E-state index in [2.05, 4.69) is 35.4 Å². The van der Waals surface area contributed by atoms with Gasteiger partial charge < -0.3 is 20.6 Å². The maximum Gasteiger partial charge on any atom is 0.303 e. The molecule has 0 bridgehead atoms. The normalized spacial score (nSPS) is 10.8. The maximum atomic E-state index is 12.0. The van der Waals surface area contributed by atoms with Crippen molar-refractivity contribution in [1.82, 2.24) is 5.32 Å². The molecule has 0 saturated heterocycles. The second kappa shape index (κ2) is 10.8. The van der Waals surface area contributed by atoms with Crippen LogP contribution in [0.15, 0.2) is 30.0 Å². The van der Waals surface area contributed by atoms with Gasteiger partial charge in [0.15, 0.2) is 0 Å². The molecule has 1 aromatic rings. The number of nitriles is 1. The van der Waals surface area contributed by atoms with Crippen molar-refractivity contribution in [2.45, 2.75) is 33.6 Å². The van der Waals surface area contributed by atoms with Crippen molar-refractivity contribution in [2.24, 2.45) is 0 Å². The first-order chi connectivity index (χ1) is 12.4. The van der Waals surface area contributed by atoms with Crippen molar-refractivity contribution in [3.8, 4) is 6.07 Å². The van der Waals surface area contributed by atoms with Gasteiger partial charge >= 0.3 is 5.97 Å². The molecule has 1 aromatic carbocycles. The SMILES string of the molecule is CCN(CC)c1ccc(N/C=C(/C#N)C(=O)NCCCC(=O)O)c(C)c1. The van der Waals surface area contributed by atoms with Crippen LogP contribution in [0, 0.1) is 18.3 Å². The van der Waals surface area contributed by atoms with E-state index in [-0.39, 0.29) is 18.5 Å². The smallest absolute Gasteiger partial charge is 0.303 e. The van der Waals surface area contributed by atoms with Gasteiger partial charge in [-0.2, -0.15) is 5.26 Å². The van der Waals surface area contributed by atoms with E-state index in [0.717, 1.165) is 30.0 Å². The number of carbonyl (C=O) groups excluding carboxylic acids is 1. The number of nitrogens with zero attached hydrogens (tertiary/aromatic N) is 2. The van der Waals surface area contributed by atoms with Crippen molar-refractivity contribution in [3.05, 3.63) is 35.5 Å². The molecule has 0 atom stereocenters. The molecule has 26 heavy (non-hydrogen) atoms. The first-order valence-corrected chi connectivity index (χ1v) is 8.65. The Kier molecular flexibility index (Phi) is 8.71. The third kappa shape index (κ3) is 6.48. The van der Waals surface area contributed by atoms with Gasteiger partial charge in [-0.3, -0.25) is 9.59 Å². The van der Waals surface area contributed by atoms with E-state index < -0.39 is 11.9 Å². The van der Waals surface area contributed by atoms with E-state index in [1.54, 1.807) is 0 Å². The summed E-state index contributed by atoms with van der Waals surface area (Å²) in [5.74, 6) is -1.44. The lowest BCUT2D eigenvalue weighted by Gasteiger charge is -2.22. The molecule has 0 aliphatic carbocycles. The number of benzene rings is 1. The Morgan fingerprint density at radius 1 is 1.31 bits per heavy atom. The van der Waals surface area contributed by atoms with Crippen LogP contribution >= 0.6 is 0 Å². The van der Waals surface area contributed by atoms with Crippen LogP contribution in [0.5, 0.6) is 0 Å². The molecule has 0 fully saturated rings. The van der Waals surface area contributed by atoms with Crippen molar-refractivity contribution in [2.75, 3.05) is 29.9 Å². The molecule has 0 unspecified atom stereocenters. The number of aryl methyl sites for hydroxylation is 1. The molecule has 3 N–H and O–H groups in total. The summed E-state index contributed by atoms with van der Waals surface area (Å²) in [6, 6.07) is 7.82. The molecule has 0 radical (unpaired) electrons. The van der Waals surface area contributed by atoms with E-state index in [4.69, 9.17) is 10.4 Å². The summed E-state index contributed by atoms with van der Waals surface area (Å²) >= 11 is 0. The van der Waals surface area contributed by atoms with Gasteiger partial charge in [0, 0.05) is 43.6 Å². The van der Waals surface area contributed by atoms with Crippen LogP contribution in [0.1, 0.15) is 32.3 Å². The van der Waals surface area contributed by atoms with Gasteiger partial charge in [0.25, 0.3) is 5.91 Å². The summed E-state index contributed by atoms with van der Waals surface area (Å²) < 4.78 is 0. The average molecular weight is 358 g/mol. The topological polar surface area (TPSA) is 105 Å². The Morgan fingerprint density at radius 3 is 2.54 bits per heavy atom. The van der Waals surface area contributed by atoms with Crippen molar-refractivity contribution < 1.29 is 14.7 Å². The first-order valence-electron chi connectivity index (χ1n) is 8.65. The van der Waals surface area contributed by atoms with Crippen molar-refractivity contribution >= 4 is 23.3 Å². The average Bonchev–Trinajstić information content (AvgIpc) is 2.61. The van der Waals surface area contributed by atoms with Crippen LogP contribution in [0.2, 0.25) is 0 Å². The van der Waals surface area contributed by atoms with E-state index in [1.165, 1.54) is 6.20 Å². The second-order valence-electron chi connectivity index (χ2n) is 5.74. The van der Waals surface area contributed by atoms with Gasteiger partial charge in [0.2, 0.25) is 0 Å². The monoisotopic (exact) mass is 358 g/mol. The molecule has 0 heterocycles. The molecule has 1 rings (SSSR count). The highest BCUT2D eigenvalue weighted by Gasteiger charge is 2.09. The van der Waals surface area contributed by atoms with Crippen LogP contribution in [-0.2, 0) is 9.59 Å². The van der Waals surface area contributed by atoms with Gasteiger partial charge in [-0.25, -0.2) is 0 Å². The minimum atomic E-state index is -0.916. The summed E-state index contributed by atoms with van der Waals surface area (Å²) in [4.78, 5) is 24.6. The predicted molar refractivity (Wildman–Crippen MR) is 102 cm³/mol. The quantitative estimate of drug-likeness (QED) is 0.337. The van der Waals surface area contributed by atoms with Crippen molar-refractivity contribution in [3.63, 3.8) is 0 Å². The van der Waals surface area contributed by atoms with E-state index in [1.807, 2.05) is 25.1 Å². The van der Waals surface area contributed by atoms with Gasteiger partial charge in [-0.05, 0) is 51.0 Å². The fourth-order valence-electron chi connectivity index (χ4n) is 2.43. The minimum absolute atomic E-state index is 0.0256. The second-order valence-corrected chi connectivity index (χ2v) is 5.74. The van der Waals surface area contributed by atoms with Gasteiger partial charge in [-0.15, -0.1) is 0 Å². The third-order valence-corrected chi connectivity index (χ3v) is 3.93. The van der Waals surface area contributed by atoms with Crippen LogP contribution in [-0.4, -0.2) is 36.6 Å². The third-order valence-electron chi connectivity index (χ3n) is 3.93. The first kappa shape index (κ1) is 21.0. The number of carboxylic acids is 1. The van der Waals surface area contributed by atoms with Gasteiger partial charge in [0.1, 0.15) is 11.6 Å². The molecule has 140 valence electrons. The molecule has 1 amide bonds. The summed E-state index contributed by atoms with van der Waals surface area (Å²) in [6.45, 7) is 8.21. The largest absolute Gasteiger partial charge is 0.481 e. The molecule has 0 spiro atoms. The molecule has 0 aliphatic rings. The molecule has 7 nitrogen and oxygen atoms in total. The molecular weight excluding hydrogens is 332 g/mol. The number of carbonyl (C=O) groups is 2. The number of amides is 1. The van der Waals surface area contributed by atoms with Crippen LogP contribution < -0.4 is 15.5 Å². The van der Waals surface area contributed by atoms with E-state index in [9.17, 15) is 9.59 Å². The zero-order chi connectivity index (χ0) is 19.5. The lowest BCUT2D eigenvalue weighted by molar-refractivity contribution is -0.137. The minimum Gasteiger partial charge on any atom is -0.481 e. The number of nitrogens with one attached hydrogen (secondary N) is 2. The van der Waals surface area contributed by atoms with E-state index >= 15 is 0 Å². The molecule has 0 aromatic heterocycles. The zero-order valence-electron chi connectivity index (χ0n) is 15.5. The Balaban J connectivity index is 2.72. The number of hydrogen-bond donors (Lipinski definition) is 3. The van der Waals surface area contributed by atoms with Gasteiger partial charge in [0.05, 0.1) is 0 Å². The number of hydrogen-bond acceptors (Lipinski definition) is 5. The zero-order valence-corrected chi connectivity index (χ0v) is 15.5. The molecular formula is C19H26N4O3. The van der Waals surface area contributed by atoms with Gasteiger partial charge in [-0.1, -0.05) is 0 Å². The standard InChI is InChI=1S/C19H26N4O3/c1-4-23(5-2)16-8-9-17(14(3)11-16)22-13-15(12-20)19(26)21-10-6-7-18(24)25/h8-9,11,13,22H,4-7,10H2,1-3H3,(H,21,26)(H,24,25)/b15-13-. The van der Waals surface area contributed by atoms with E-state index in [0.29, 0.717) is 6.42 Å². The number of carboxylic acid groups (broad SMARTS) is 1. The Morgan fingerprint density at radius 2 is 2.00 bits per heavy atom. The van der Waals surface area contributed by atoms with Crippen LogP contribution in [0.4, 0.5) is 11.4 Å². The Bertz CT molecular complexity index is 703. The number of rotatable bonds is 10. The Hall–Kier alpha value is -3.01. The summed E-state index contributed by atoms with van der Waals surface area (Å²) in [6.07, 6.45) is 1.66. The molecule has 0 aliphatic heterocycles. The Labute approximate surface area is 154 Å². The predicted octanol–water partition coefficient (Wildman–Crippen LogP) is 2.64. The maximum absolute atomic E-state index is 12.0. The highest BCUT2D eigenvalue weighted by Crippen LogP contribution is 2.22. The van der Waals surface area contributed by atoms with Crippen LogP contribution in [0.3, 0.4) is 0 Å². The summed E-state index contributed by atoms with van der Waals surface area (Å²) in [5, 5.41) is 23.3. The lowest BCUT2D eigenvalue weighted by atomic mass is 10.1. The fraction of sp³-hybridized carbons (Fsp3) is 0.421. The number of anilines is 2. The fourth-order valence-corrected chi connectivity index (χ4v) is 2.43. The lowest BCUT2D eigenvalue weighted by Crippen LogP contribution is -2.26. The summed E-state index contributed by atoms with van der Waals surface area (Å²) in [5.41, 5.74) is 2.88. The number of aliphatic carboxylic acids is 1.